The number of benzene rings is 1. The molecule has 2 unspecified atom stereocenters. The van der Waals surface area contributed by atoms with Crippen molar-refractivity contribution in [1.82, 2.24) is 19.1 Å². The zero-order valence-corrected chi connectivity index (χ0v) is 19.9. The van der Waals surface area contributed by atoms with Gasteiger partial charge in [0.15, 0.2) is 0 Å². The Hall–Kier alpha value is -1.94. The number of aromatic nitrogens is 1. The van der Waals surface area contributed by atoms with Crippen molar-refractivity contribution in [3.63, 3.8) is 0 Å². The SMILES string of the molecule is CN1CCC2=C(C1)SC1N=CN(CCN3CCN(c4nsc5ccccc45)CC3)C(=O)C21. The molecule has 7 nitrogen and oxygen atoms in total. The van der Waals surface area contributed by atoms with Crippen LogP contribution in [0, 0.1) is 5.92 Å². The Labute approximate surface area is 196 Å². The van der Waals surface area contributed by atoms with E-state index in [2.05, 4.69) is 46.0 Å². The summed E-state index contributed by atoms with van der Waals surface area (Å²) in [6.07, 6.45) is 2.80. The normalized spacial score (nSPS) is 26.8. The van der Waals surface area contributed by atoms with Gasteiger partial charge in [0.25, 0.3) is 0 Å². The monoisotopic (exact) mass is 468 g/mol. The Kier molecular flexibility index (Phi) is 5.45. The summed E-state index contributed by atoms with van der Waals surface area (Å²) in [4.78, 5) is 28.5. The van der Waals surface area contributed by atoms with Gasteiger partial charge in [-0.15, -0.1) is 11.8 Å². The number of aliphatic imine (C=N–C) groups is 1. The molecular weight excluding hydrogens is 440 g/mol. The summed E-state index contributed by atoms with van der Waals surface area (Å²) in [7, 11) is 2.15. The zero-order valence-electron chi connectivity index (χ0n) is 18.3. The molecule has 0 radical (unpaired) electrons. The van der Waals surface area contributed by atoms with Gasteiger partial charge in [0.1, 0.15) is 11.2 Å². The van der Waals surface area contributed by atoms with E-state index in [9.17, 15) is 4.79 Å². The summed E-state index contributed by atoms with van der Waals surface area (Å²) in [6.45, 7) is 7.55. The van der Waals surface area contributed by atoms with Gasteiger partial charge < -0.3 is 14.7 Å². The molecule has 2 atom stereocenters. The van der Waals surface area contributed by atoms with Crippen LogP contribution in [-0.4, -0.2) is 96.1 Å². The van der Waals surface area contributed by atoms with E-state index >= 15 is 0 Å². The van der Waals surface area contributed by atoms with E-state index in [1.165, 1.54) is 20.6 Å². The van der Waals surface area contributed by atoms with Crippen LogP contribution in [0.15, 0.2) is 39.7 Å². The molecule has 4 aliphatic rings. The van der Waals surface area contributed by atoms with E-state index < -0.39 is 0 Å². The highest BCUT2D eigenvalue weighted by Gasteiger charge is 2.45. The Balaban J connectivity index is 1.05. The fourth-order valence-electron chi connectivity index (χ4n) is 5.17. The van der Waals surface area contributed by atoms with Gasteiger partial charge >= 0.3 is 0 Å². The lowest BCUT2D eigenvalue weighted by Crippen LogP contribution is -2.50. The van der Waals surface area contributed by atoms with E-state index in [-0.39, 0.29) is 17.2 Å². The highest BCUT2D eigenvalue weighted by Crippen LogP contribution is 2.47. The van der Waals surface area contributed by atoms with Gasteiger partial charge in [0.2, 0.25) is 5.91 Å². The number of nitrogens with zero attached hydrogens (tertiary/aromatic N) is 6. The highest BCUT2D eigenvalue weighted by atomic mass is 32.2. The molecule has 4 aliphatic heterocycles. The fourth-order valence-corrected chi connectivity index (χ4v) is 7.47. The molecule has 9 heteroatoms. The van der Waals surface area contributed by atoms with Crippen molar-refractivity contribution >= 4 is 51.4 Å². The van der Waals surface area contributed by atoms with Crippen molar-refractivity contribution in [2.45, 2.75) is 11.8 Å². The van der Waals surface area contributed by atoms with Gasteiger partial charge in [0.05, 0.1) is 17.0 Å². The predicted octanol–water partition coefficient (Wildman–Crippen LogP) is 2.57. The van der Waals surface area contributed by atoms with Gasteiger partial charge in [0, 0.05) is 62.6 Å². The Morgan fingerprint density at radius 3 is 2.81 bits per heavy atom. The Bertz CT molecular complexity index is 1090. The number of carbonyl (C=O) groups is 1. The largest absolute Gasteiger partial charge is 0.353 e. The van der Waals surface area contributed by atoms with Crippen molar-refractivity contribution in [2.24, 2.45) is 10.9 Å². The summed E-state index contributed by atoms with van der Waals surface area (Å²) in [5.74, 6) is 1.33. The Morgan fingerprint density at radius 1 is 1.09 bits per heavy atom. The maximum atomic E-state index is 13.3. The number of rotatable bonds is 4. The highest BCUT2D eigenvalue weighted by molar-refractivity contribution is 8.04. The number of piperazine rings is 1. The zero-order chi connectivity index (χ0) is 21.7. The summed E-state index contributed by atoms with van der Waals surface area (Å²) < 4.78 is 5.96. The molecule has 168 valence electrons. The molecule has 0 N–H and O–H groups in total. The van der Waals surface area contributed by atoms with E-state index in [1.54, 1.807) is 29.6 Å². The second kappa shape index (κ2) is 8.44. The second-order valence-electron chi connectivity index (χ2n) is 9.05. The van der Waals surface area contributed by atoms with Gasteiger partial charge in [-0.25, -0.2) is 0 Å². The minimum Gasteiger partial charge on any atom is -0.353 e. The molecule has 0 saturated carbocycles. The first-order valence-electron chi connectivity index (χ1n) is 11.4. The van der Waals surface area contributed by atoms with E-state index in [0.717, 1.165) is 64.6 Å². The van der Waals surface area contributed by atoms with Crippen molar-refractivity contribution in [3.8, 4) is 0 Å². The first-order chi connectivity index (χ1) is 15.7. The summed E-state index contributed by atoms with van der Waals surface area (Å²) >= 11 is 3.39. The smallest absolute Gasteiger partial charge is 0.238 e. The third kappa shape index (κ3) is 3.65. The number of carbonyl (C=O) groups excluding carboxylic acids is 1. The average molecular weight is 469 g/mol. The third-order valence-electron chi connectivity index (χ3n) is 7.05. The molecular formula is C23H28N6OS2. The van der Waals surface area contributed by atoms with Crippen molar-refractivity contribution in [1.29, 1.82) is 0 Å². The minimum atomic E-state index is -0.0384. The van der Waals surface area contributed by atoms with Gasteiger partial charge in [-0.05, 0) is 42.7 Å². The average Bonchev–Trinajstić information content (AvgIpc) is 3.40. The first kappa shape index (κ1) is 20.7. The van der Waals surface area contributed by atoms with Gasteiger partial charge in [-0.3, -0.25) is 14.7 Å². The fraction of sp³-hybridized carbons (Fsp3) is 0.522. The molecule has 0 spiro atoms. The van der Waals surface area contributed by atoms with Crippen LogP contribution in [0.3, 0.4) is 0 Å². The maximum absolute atomic E-state index is 13.3. The van der Waals surface area contributed by atoms with Crippen molar-refractivity contribution < 1.29 is 4.79 Å². The standard InChI is InChI=1S/C23H28N6OS2/c1-26-7-6-16-19(14-26)31-22-20(16)23(30)29(15-24-22)13-10-27-8-11-28(12-9-27)21-17-4-2-3-5-18(17)32-25-21/h2-5,15,20,22H,6-14H2,1H3. The van der Waals surface area contributed by atoms with Crippen LogP contribution in [0.5, 0.6) is 0 Å². The van der Waals surface area contributed by atoms with E-state index in [0.29, 0.717) is 0 Å². The number of likely N-dealkylation sites (N-methyl/N-ethyl adjacent to an activating group) is 1. The number of hydrogen-bond acceptors (Lipinski definition) is 8. The lowest BCUT2D eigenvalue weighted by atomic mass is 9.91. The molecule has 1 aromatic carbocycles. The van der Waals surface area contributed by atoms with Crippen molar-refractivity contribution in [2.75, 3.05) is 64.3 Å². The van der Waals surface area contributed by atoms with E-state index in [4.69, 9.17) is 9.37 Å². The summed E-state index contributed by atoms with van der Waals surface area (Å²) in [5.41, 5.74) is 1.36. The summed E-state index contributed by atoms with van der Waals surface area (Å²) in [5, 5.41) is 1.32. The minimum absolute atomic E-state index is 0.0384. The molecule has 1 saturated heterocycles. The first-order valence-corrected chi connectivity index (χ1v) is 13.1. The molecule has 0 bridgehead atoms. The number of fused-ring (bicyclic) bond motifs is 3. The topological polar surface area (TPSA) is 55.3 Å². The molecule has 1 aromatic heterocycles. The van der Waals surface area contributed by atoms with Crippen LogP contribution in [-0.2, 0) is 4.79 Å². The van der Waals surface area contributed by atoms with Crippen LogP contribution in [0.25, 0.3) is 10.1 Å². The van der Waals surface area contributed by atoms with Gasteiger partial charge in [-0.1, -0.05) is 12.1 Å². The second-order valence-corrected chi connectivity index (χ2v) is 11.1. The van der Waals surface area contributed by atoms with Crippen LogP contribution in [0.1, 0.15) is 6.42 Å². The quantitative estimate of drug-likeness (QED) is 0.688. The molecule has 2 aromatic rings. The molecule has 5 heterocycles. The maximum Gasteiger partial charge on any atom is 0.238 e. The lowest BCUT2D eigenvalue weighted by molar-refractivity contribution is -0.130. The molecule has 1 fully saturated rings. The lowest BCUT2D eigenvalue weighted by Gasteiger charge is -2.36. The molecule has 1 amide bonds. The van der Waals surface area contributed by atoms with Crippen LogP contribution >= 0.6 is 23.3 Å². The number of thioether (sulfide) groups is 1. The third-order valence-corrected chi connectivity index (χ3v) is 9.18. The predicted molar refractivity (Wildman–Crippen MR) is 132 cm³/mol. The van der Waals surface area contributed by atoms with Crippen LogP contribution in [0.4, 0.5) is 5.82 Å². The van der Waals surface area contributed by atoms with Crippen LogP contribution in [0.2, 0.25) is 0 Å². The van der Waals surface area contributed by atoms with Crippen LogP contribution < -0.4 is 4.90 Å². The number of anilines is 1. The number of hydrogen-bond donors (Lipinski definition) is 0. The van der Waals surface area contributed by atoms with Gasteiger partial charge in [-0.2, -0.15) is 4.37 Å². The molecule has 32 heavy (non-hydrogen) atoms. The number of amides is 1. The van der Waals surface area contributed by atoms with Crippen molar-refractivity contribution in [3.05, 3.63) is 34.7 Å². The molecule has 6 rings (SSSR count). The Morgan fingerprint density at radius 2 is 1.94 bits per heavy atom. The molecule has 0 aliphatic carbocycles. The van der Waals surface area contributed by atoms with E-state index in [1.807, 2.05) is 4.90 Å². The summed E-state index contributed by atoms with van der Waals surface area (Å²) in [6, 6.07) is 8.47.